The van der Waals surface area contributed by atoms with E-state index in [1.807, 2.05) is 18.2 Å². The molecule has 0 N–H and O–H groups in total. The fourth-order valence-electron chi connectivity index (χ4n) is 5.68. The van der Waals surface area contributed by atoms with Crippen LogP contribution in [0.2, 0.25) is 0 Å². The molecule has 0 fully saturated rings. The molecule has 0 radical (unpaired) electrons. The zero-order chi connectivity index (χ0) is 27.0. The number of hydrogen-bond acceptors (Lipinski definition) is 4. The largest absolute Gasteiger partial charge is 0.278 e. The van der Waals surface area contributed by atoms with Crippen LogP contribution in [0.4, 0.5) is 0 Å². The number of rotatable bonds is 7. The van der Waals surface area contributed by atoms with Crippen LogP contribution >= 0.6 is 0 Å². The molecule has 0 aliphatic carbocycles. The Balaban J connectivity index is 1.69. The monoisotopic (exact) mass is 521 g/mol. The Bertz CT molecular complexity index is 1940. The third-order valence-electron chi connectivity index (χ3n) is 7.41. The molecule has 0 saturated carbocycles. The Hall–Kier alpha value is -4.94. The summed E-state index contributed by atoms with van der Waals surface area (Å²) in [7, 11) is -2.67. The van der Waals surface area contributed by atoms with E-state index in [0.717, 1.165) is 27.0 Å². The SMILES string of the molecule is C=CC=C(C)[Si](C(=C)C=C)(c1ccccc1)c1ccc2c(c1)c1ccccc1n2-c1ncc2nccnc2n1. The molecule has 6 heteroatoms. The van der Waals surface area contributed by atoms with Crippen LogP contribution in [-0.2, 0) is 0 Å². The van der Waals surface area contributed by atoms with Gasteiger partial charge in [-0.25, -0.2) is 15.0 Å². The Labute approximate surface area is 228 Å². The van der Waals surface area contributed by atoms with Crippen LogP contribution in [0, 0.1) is 0 Å². The smallest absolute Gasteiger partial charge is 0.236 e. The minimum atomic E-state index is -2.67. The van der Waals surface area contributed by atoms with Gasteiger partial charge in [-0.1, -0.05) is 109 Å². The zero-order valence-electron chi connectivity index (χ0n) is 21.7. The van der Waals surface area contributed by atoms with E-state index in [9.17, 15) is 0 Å². The van der Waals surface area contributed by atoms with Crippen molar-refractivity contribution in [1.29, 1.82) is 0 Å². The molecular weight excluding hydrogens is 494 g/mol. The molecule has 6 aromatic rings. The van der Waals surface area contributed by atoms with Gasteiger partial charge in [-0.2, -0.15) is 4.98 Å². The van der Waals surface area contributed by atoms with Gasteiger partial charge in [-0.05, 0) is 29.4 Å². The topological polar surface area (TPSA) is 56.5 Å². The van der Waals surface area contributed by atoms with Crippen molar-refractivity contribution < 1.29 is 0 Å². The molecule has 0 amide bonds. The Kier molecular flexibility index (Phi) is 6.09. The summed E-state index contributed by atoms with van der Waals surface area (Å²) in [4.78, 5) is 18.2. The molecule has 39 heavy (non-hydrogen) atoms. The van der Waals surface area contributed by atoms with E-state index in [1.165, 1.54) is 15.6 Å². The molecule has 3 aromatic heterocycles. The van der Waals surface area contributed by atoms with Gasteiger partial charge in [0.15, 0.2) is 13.7 Å². The number of fused-ring (bicyclic) bond motifs is 4. The van der Waals surface area contributed by atoms with Gasteiger partial charge >= 0.3 is 0 Å². The molecule has 0 saturated heterocycles. The summed E-state index contributed by atoms with van der Waals surface area (Å²) in [5.74, 6) is 0.562. The molecule has 3 heterocycles. The van der Waals surface area contributed by atoms with Crippen molar-refractivity contribution in [3.8, 4) is 5.95 Å². The van der Waals surface area contributed by atoms with E-state index < -0.39 is 8.07 Å². The fourth-order valence-corrected chi connectivity index (χ4v) is 10.2. The lowest BCUT2D eigenvalue weighted by Gasteiger charge is -2.35. The van der Waals surface area contributed by atoms with E-state index in [0.29, 0.717) is 17.1 Å². The lowest BCUT2D eigenvalue weighted by atomic mass is 10.1. The number of hydrogen-bond donors (Lipinski definition) is 0. The maximum atomic E-state index is 4.77. The number of aromatic nitrogens is 5. The van der Waals surface area contributed by atoms with E-state index >= 15 is 0 Å². The summed E-state index contributed by atoms with van der Waals surface area (Å²) in [5.41, 5.74) is 3.28. The summed E-state index contributed by atoms with van der Waals surface area (Å²) < 4.78 is 2.10. The van der Waals surface area contributed by atoms with Gasteiger partial charge in [-0.15, -0.1) is 0 Å². The third kappa shape index (κ3) is 3.76. The van der Waals surface area contributed by atoms with Gasteiger partial charge in [0.05, 0.1) is 17.2 Å². The van der Waals surface area contributed by atoms with E-state index in [-0.39, 0.29) is 0 Å². The third-order valence-corrected chi connectivity index (χ3v) is 12.3. The van der Waals surface area contributed by atoms with Crippen molar-refractivity contribution in [1.82, 2.24) is 24.5 Å². The fraction of sp³-hybridized carbons (Fsp3) is 0.0303. The molecule has 1 atom stereocenters. The van der Waals surface area contributed by atoms with Crippen LogP contribution in [0.1, 0.15) is 6.92 Å². The Morgan fingerprint density at radius 2 is 1.56 bits per heavy atom. The highest BCUT2D eigenvalue weighted by Gasteiger charge is 2.41. The molecule has 0 aliphatic rings. The maximum Gasteiger partial charge on any atom is 0.236 e. The van der Waals surface area contributed by atoms with Crippen LogP contribution in [-0.4, -0.2) is 32.6 Å². The Morgan fingerprint density at radius 1 is 0.821 bits per heavy atom. The second-order valence-electron chi connectivity index (χ2n) is 9.45. The summed E-state index contributed by atoms with van der Waals surface area (Å²) in [5, 5.41) is 7.02. The molecule has 6 rings (SSSR count). The Morgan fingerprint density at radius 3 is 2.36 bits per heavy atom. The van der Waals surface area contributed by atoms with Crippen molar-refractivity contribution in [2.45, 2.75) is 6.92 Å². The van der Waals surface area contributed by atoms with E-state index in [2.05, 4.69) is 119 Å². The first-order chi connectivity index (χ1) is 19.1. The van der Waals surface area contributed by atoms with Crippen molar-refractivity contribution >= 4 is 51.4 Å². The van der Waals surface area contributed by atoms with Gasteiger partial charge in [0, 0.05) is 23.2 Å². The summed E-state index contributed by atoms with van der Waals surface area (Å²) in [6.45, 7) is 14.9. The predicted molar refractivity (Wildman–Crippen MR) is 164 cm³/mol. The average molecular weight is 522 g/mol. The van der Waals surface area contributed by atoms with Crippen LogP contribution in [0.5, 0.6) is 0 Å². The van der Waals surface area contributed by atoms with E-state index in [4.69, 9.17) is 4.98 Å². The van der Waals surface area contributed by atoms with Crippen molar-refractivity contribution in [3.63, 3.8) is 0 Å². The van der Waals surface area contributed by atoms with Gasteiger partial charge < -0.3 is 0 Å². The first kappa shape index (κ1) is 24.4. The number of benzene rings is 3. The second kappa shape index (κ2) is 9.74. The lowest BCUT2D eigenvalue weighted by molar-refractivity contribution is 0.995. The highest BCUT2D eigenvalue weighted by Crippen LogP contribution is 2.32. The van der Waals surface area contributed by atoms with Crippen molar-refractivity contribution in [2.24, 2.45) is 0 Å². The highest BCUT2D eigenvalue weighted by atomic mass is 28.3. The van der Waals surface area contributed by atoms with Crippen LogP contribution in [0.15, 0.2) is 140 Å². The number of nitrogens with zero attached hydrogens (tertiary/aromatic N) is 5. The molecule has 0 aliphatic heterocycles. The normalized spacial score (nSPS) is 13.4. The van der Waals surface area contributed by atoms with Crippen molar-refractivity contribution in [2.75, 3.05) is 0 Å². The zero-order valence-corrected chi connectivity index (χ0v) is 22.7. The van der Waals surface area contributed by atoms with Gasteiger partial charge in [-0.3, -0.25) is 4.57 Å². The summed E-state index contributed by atoms with van der Waals surface area (Å²) in [6, 6.07) is 25.8. The van der Waals surface area contributed by atoms with Crippen LogP contribution in [0.3, 0.4) is 0 Å². The number of allylic oxidation sites excluding steroid dienone is 5. The van der Waals surface area contributed by atoms with Gasteiger partial charge in [0.2, 0.25) is 5.95 Å². The van der Waals surface area contributed by atoms with Crippen LogP contribution in [0.25, 0.3) is 38.9 Å². The molecule has 3 aromatic carbocycles. The first-order valence-corrected chi connectivity index (χ1v) is 14.7. The van der Waals surface area contributed by atoms with Crippen LogP contribution < -0.4 is 10.4 Å². The molecule has 1 unspecified atom stereocenters. The second-order valence-corrected chi connectivity index (χ2v) is 13.5. The van der Waals surface area contributed by atoms with Gasteiger partial charge in [0.25, 0.3) is 0 Å². The minimum absolute atomic E-state index is 0.562. The summed E-state index contributed by atoms with van der Waals surface area (Å²) in [6.07, 6.45) is 10.9. The molecule has 5 nitrogen and oxygen atoms in total. The molecule has 188 valence electrons. The number of para-hydroxylation sites is 1. The molecular formula is C33H27N5Si. The standard InChI is InChI=1S/C33H27N5Si/c1-5-12-24(4)39(23(3)6-2,25-13-8-7-9-14-25)26-17-18-31-28(21-26)27-15-10-11-16-30(27)38(31)33-36-22-29-32(37-33)35-20-19-34-29/h5-22H,1-3H2,4H3. The molecule has 0 bridgehead atoms. The quantitative estimate of drug-likeness (QED) is 0.190. The average Bonchev–Trinajstić information content (AvgIpc) is 3.32. The molecule has 0 spiro atoms. The minimum Gasteiger partial charge on any atom is -0.278 e. The first-order valence-electron chi connectivity index (χ1n) is 12.7. The van der Waals surface area contributed by atoms with E-state index in [1.54, 1.807) is 18.6 Å². The predicted octanol–water partition coefficient (Wildman–Crippen LogP) is 6.03. The maximum absolute atomic E-state index is 4.77. The van der Waals surface area contributed by atoms with Crippen molar-refractivity contribution in [3.05, 3.63) is 140 Å². The lowest BCUT2D eigenvalue weighted by Crippen LogP contribution is -2.61. The highest BCUT2D eigenvalue weighted by molar-refractivity contribution is 7.12. The van der Waals surface area contributed by atoms with Gasteiger partial charge in [0.1, 0.15) is 5.52 Å². The summed E-state index contributed by atoms with van der Waals surface area (Å²) >= 11 is 0.